The van der Waals surface area contributed by atoms with E-state index in [-0.39, 0.29) is 16.4 Å². The van der Waals surface area contributed by atoms with Gasteiger partial charge >= 0.3 is 5.97 Å². The second-order valence-corrected chi connectivity index (χ2v) is 9.87. The molecule has 0 bridgehead atoms. The standard InChI is InChI=1S/C26H20NO4P/c28-25(27-20-10-4-1-5-11-20)23-17-16-19(26(29)30)18-24(23)32(31,21-12-6-2-7-13-21)22-14-8-3-9-15-22/h1-18H,(H,27,28)(H,29,30). The van der Waals surface area contributed by atoms with Gasteiger partial charge in [-0.05, 0) is 30.3 Å². The molecule has 0 radical (unpaired) electrons. The maximum absolute atomic E-state index is 14.8. The number of rotatable bonds is 6. The van der Waals surface area contributed by atoms with Crippen molar-refractivity contribution in [2.45, 2.75) is 0 Å². The van der Waals surface area contributed by atoms with Crippen LogP contribution in [0.15, 0.2) is 109 Å². The molecule has 0 aromatic heterocycles. The minimum atomic E-state index is -3.56. The van der Waals surface area contributed by atoms with Crippen LogP contribution in [0.5, 0.6) is 0 Å². The summed E-state index contributed by atoms with van der Waals surface area (Å²) in [6.45, 7) is 0. The molecule has 4 aromatic rings. The molecule has 158 valence electrons. The van der Waals surface area contributed by atoms with E-state index in [4.69, 9.17) is 0 Å². The fraction of sp³-hybridized carbons (Fsp3) is 0. The van der Waals surface area contributed by atoms with Crippen LogP contribution in [0.4, 0.5) is 5.69 Å². The van der Waals surface area contributed by atoms with Gasteiger partial charge in [0.25, 0.3) is 5.91 Å². The summed E-state index contributed by atoms with van der Waals surface area (Å²) in [5.41, 5.74) is 0.707. The summed E-state index contributed by atoms with van der Waals surface area (Å²) in [7, 11) is -3.56. The van der Waals surface area contributed by atoms with Gasteiger partial charge < -0.3 is 15.0 Å². The summed E-state index contributed by atoms with van der Waals surface area (Å²) in [5, 5.41) is 13.6. The second kappa shape index (κ2) is 9.04. The predicted molar refractivity (Wildman–Crippen MR) is 127 cm³/mol. The van der Waals surface area contributed by atoms with Crippen LogP contribution in [0, 0.1) is 0 Å². The minimum Gasteiger partial charge on any atom is -0.478 e. The number of hydrogen-bond acceptors (Lipinski definition) is 3. The second-order valence-electron chi connectivity index (χ2n) is 7.14. The molecule has 0 aliphatic heterocycles. The Hall–Kier alpha value is -3.95. The Morgan fingerprint density at radius 2 is 1.19 bits per heavy atom. The van der Waals surface area contributed by atoms with Crippen molar-refractivity contribution in [1.29, 1.82) is 0 Å². The molecule has 0 fully saturated rings. The third-order valence-electron chi connectivity index (χ3n) is 5.10. The minimum absolute atomic E-state index is 0.0386. The van der Waals surface area contributed by atoms with E-state index in [2.05, 4.69) is 5.32 Å². The van der Waals surface area contributed by atoms with Crippen molar-refractivity contribution in [3.8, 4) is 0 Å². The third kappa shape index (κ3) is 4.11. The Morgan fingerprint density at radius 1 is 0.688 bits per heavy atom. The molecule has 0 aliphatic carbocycles. The summed E-state index contributed by atoms with van der Waals surface area (Å²) in [4.78, 5) is 25.0. The predicted octanol–water partition coefficient (Wildman–Crippen LogP) is 4.28. The lowest BCUT2D eigenvalue weighted by atomic mass is 10.1. The molecule has 0 saturated heterocycles. The third-order valence-corrected chi connectivity index (χ3v) is 8.20. The summed E-state index contributed by atoms with van der Waals surface area (Å²) in [5.74, 6) is -1.62. The highest BCUT2D eigenvalue weighted by atomic mass is 31.2. The molecule has 0 unspecified atom stereocenters. The smallest absolute Gasteiger partial charge is 0.335 e. The highest BCUT2D eigenvalue weighted by Crippen LogP contribution is 2.43. The van der Waals surface area contributed by atoms with Gasteiger partial charge in [-0.25, -0.2) is 4.79 Å². The van der Waals surface area contributed by atoms with E-state index in [0.29, 0.717) is 16.3 Å². The molecule has 0 heterocycles. The van der Waals surface area contributed by atoms with Crippen molar-refractivity contribution in [2.75, 3.05) is 5.32 Å². The quantitative estimate of drug-likeness (QED) is 0.438. The van der Waals surface area contributed by atoms with Gasteiger partial charge in [-0.1, -0.05) is 78.9 Å². The van der Waals surface area contributed by atoms with Crippen LogP contribution in [-0.4, -0.2) is 17.0 Å². The lowest BCUT2D eigenvalue weighted by Gasteiger charge is -2.23. The number of benzene rings is 4. The first-order valence-electron chi connectivity index (χ1n) is 9.96. The number of carboxylic acids is 1. The number of carboxylic acid groups (broad SMARTS) is 1. The van der Waals surface area contributed by atoms with E-state index < -0.39 is 19.0 Å². The highest BCUT2D eigenvalue weighted by molar-refractivity contribution is 7.85. The molecule has 0 atom stereocenters. The average Bonchev–Trinajstić information content (AvgIpc) is 2.85. The molecule has 4 rings (SSSR count). The van der Waals surface area contributed by atoms with E-state index in [1.54, 1.807) is 72.8 Å². The fourth-order valence-electron chi connectivity index (χ4n) is 3.54. The average molecular weight is 441 g/mol. The lowest BCUT2D eigenvalue weighted by molar-refractivity contribution is 0.0696. The normalized spacial score (nSPS) is 11.0. The van der Waals surface area contributed by atoms with E-state index in [1.807, 2.05) is 18.2 Å². The molecule has 4 aromatic carbocycles. The maximum Gasteiger partial charge on any atom is 0.335 e. The van der Waals surface area contributed by atoms with Crippen LogP contribution >= 0.6 is 7.14 Å². The van der Waals surface area contributed by atoms with Crippen LogP contribution in [0.2, 0.25) is 0 Å². The summed E-state index contributed by atoms with van der Waals surface area (Å²) in [6, 6.07) is 30.7. The monoisotopic (exact) mass is 441 g/mol. The Bertz CT molecular complexity index is 1260. The van der Waals surface area contributed by atoms with Crippen molar-refractivity contribution in [2.24, 2.45) is 0 Å². The Balaban J connectivity index is 1.96. The zero-order chi connectivity index (χ0) is 22.6. The van der Waals surface area contributed by atoms with Crippen LogP contribution in [0.25, 0.3) is 0 Å². The SMILES string of the molecule is O=C(O)c1ccc(C(=O)Nc2ccccc2)c(P(=O)(c2ccccc2)c2ccccc2)c1. The first kappa shape index (κ1) is 21.3. The van der Waals surface area contributed by atoms with Gasteiger partial charge in [0, 0.05) is 21.6 Å². The van der Waals surface area contributed by atoms with Gasteiger partial charge in [0.1, 0.15) is 0 Å². The van der Waals surface area contributed by atoms with Gasteiger partial charge in [-0.2, -0.15) is 0 Å². The Kier molecular flexibility index (Phi) is 6.02. The summed E-state index contributed by atoms with van der Waals surface area (Å²) < 4.78 is 14.8. The number of hydrogen-bond donors (Lipinski definition) is 2. The van der Waals surface area contributed by atoms with Crippen molar-refractivity contribution < 1.29 is 19.3 Å². The first-order valence-corrected chi connectivity index (χ1v) is 11.7. The first-order chi connectivity index (χ1) is 15.5. The summed E-state index contributed by atoms with van der Waals surface area (Å²) in [6.07, 6.45) is 0. The molecule has 5 nitrogen and oxygen atoms in total. The number of para-hydroxylation sites is 1. The molecule has 2 N–H and O–H groups in total. The van der Waals surface area contributed by atoms with Gasteiger partial charge in [-0.15, -0.1) is 0 Å². The molecule has 1 amide bonds. The number of anilines is 1. The summed E-state index contributed by atoms with van der Waals surface area (Å²) >= 11 is 0. The Morgan fingerprint density at radius 3 is 1.69 bits per heavy atom. The van der Waals surface area contributed by atoms with E-state index in [9.17, 15) is 19.3 Å². The zero-order valence-electron chi connectivity index (χ0n) is 17.0. The highest BCUT2D eigenvalue weighted by Gasteiger charge is 2.34. The number of amides is 1. The number of carbonyl (C=O) groups is 2. The molecular weight excluding hydrogens is 421 g/mol. The van der Waals surface area contributed by atoms with Crippen molar-refractivity contribution >= 4 is 40.6 Å². The largest absolute Gasteiger partial charge is 0.478 e. The molecule has 32 heavy (non-hydrogen) atoms. The van der Waals surface area contributed by atoms with Crippen molar-refractivity contribution in [1.82, 2.24) is 0 Å². The zero-order valence-corrected chi connectivity index (χ0v) is 17.9. The Labute approximate surface area is 185 Å². The molecule has 0 spiro atoms. The van der Waals surface area contributed by atoms with Gasteiger partial charge in [0.2, 0.25) is 0 Å². The van der Waals surface area contributed by atoms with Crippen LogP contribution in [-0.2, 0) is 4.57 Å². The van der Waals surface area contributed by atoms with E-state index >= 15 is 0 Å². The number of nitrogens with one attached hydrogen (secondary N) is 1. The molecule has 0 saturated carbocycles. The fourth-order valence-corrected chi connectivity index (χ4v) is 6.41. The van der Waals surface area contributed by atoms with Gasteiger partial charge in [0.05, 0.1) is 11.1 Å². The molecule has 6 heteroatoms. The van der Waals surface area contributed by atoms with Crippen LogP contribution in [0.3, 0.4) is 0 Å². The van der Waals surface area contributed by atoms with Gasteiger partial charge in [0.15, 0.2) is 7.14 Å². The maximum atomic E-state index is 14.8. The van der Waals surface area contributed by atoms with Crippen LogP contribution in [0.1, 0.15) is 20.7 Å². The number of aromatic carboxylic acids is 1. The molecule has 0 aliphatic rings. The van der Waals surface area contributed by atoms with Crippen molar-refractivity contribution in [3.63, 3.8) is 0 Å². The van der Waals surface area contributed by atoms with Gasteiger partial charge in [-0.3, -0.25) is 4.79 Å². The van der Waals surface area contributed by atoms with Crippen molar-refractivity contribution in [3.05, 3.63) is 120 Å². The topological polar surface area (TPSA) is 83.5 Å². The molecular formula is C26H20NO4P. The number of carbonyl (C=O) groups excluding carboxylic acids is 1. The lowest BCUT2D eigenvalue weighted by Crippen LogP contribution is -2.31. The van der Waals surface area contributed by atoms with Crippen LogP contribution < -0.4 is 21.2 Å². The van der Waals surface area contributed by atoms with E-state index in [0.717, 1.165) is 0 Å². The van der Waals surface area contributed by atoms with E-state index in [1.165, 1.54) is 18.2 Å².